The maximum Gasteiger partial charge on any atom is 0.119 e. The molecule has 12 heteroatoms. The standard InChI is InChI=1S/C39H56O12/c1-39(33-4-10-37(11-5-33)50-30-27-47-24-22-45-20-17-41,34-6-12-38(13-7-34)51-31-28-48-25-23-46-21-18-42)32-2-8-36(9-3-32)49-29-26-44-19-15-35(43)14-16-40/h2-13,35,40-43H,14-31H2,1H3. The molecule has 284 valence electrons. The summed E-state index contributed by atoms with van der Waals surface area (Å²) in [5, 5.41) is 36.2. The van der Waals surface area contributed by atoms with E-state index in [4.69, 9.17) is 53.2 Å². The summed E-state index contributed by atoms with van der Waals surface area (Å²) in [5.74, 6) is 2.20. The van der Waals surface area contributed by atoms with Crippen molar-refractivity contribution in [3.05, 3.63) is 89.5 Å². The molecule has 3 aromatic rings. The van der Waals surface area contributed by atoms with E-state index in [1.165, 1.54) is 0 Å². The molecule has 4 N–H and O–H groups in total. The summed E-state index contributed by atoms with van der Waals surface area (Å²) in [6, 6.07) is 24.2. The molecule has 0 fully saturated rings. The zero-order valence-electron chi connectivity index (χ0n) is 29.8. The fourth-order valence-corrected chi connectivity index (χ4v) is 5.20. The Morgan fingerprint density at radius 1 is 0.412 bits per heavy atom. The van der Waals surface area contributed by atoms with Crippen LogP contribution in [-0.4, -0.2) is 132 Å². The van der Waals surface area contributed by atoms with Crippen LogP contribution in [0.4, 0.5) is 0 Å². The SMILES string of the molecule is CC(c1ccc(OCCOCCOCCO)cc1)(c1ccc(OCCOCCOCCO)cc1)c1ccc(OCCOCCC(O)CCO)cc1. The highest BCUT2D eigenvalue weighted by Gasteiger charge is 2.31. The van der Waals surface area contributed by atoms with Crippen molar-refractivity contribution in [2.24, 2.45) is 0 Å². The lowest BCUT2D eigenvalue weighted by atomic mass is 9.71. The summed E-state index contributed by atoms with van der Waals surface area (Å²) < 4.78 is 44.8. The number of rotatable bonds is 30. The Bertz CT molecular complexity index is 1210. The van der Waals surface area contributed by atoms with E-state index in [-0.39, 0.29) is 19.8 Å². The molecule has 0 saturated heterocycles. The van der Waals surface area contributed by atoms with Crippen molar-refractivity contribution in [1.29, 1.82) is 0 Å². The van der Waals surface area contributed by atoms with Gasteiger partial charge in [-0.25, -0.2) is 0 Å². The van der Waals surface area contributed by atoms with Crippen LogP contribution >= 0.6 is 0 Å². The number of benzene rings is 3. The minimum absolute atomic E-state index is 0.00394. The normalized spacial score (nSPS) is 12.2. The van der Waals surface area contributed by atoms with Gasteiger partial charge in [0.25, 0.3) is 0 Å². The second-order valence-electron chi connectivity index (χ2n) is 11.7. The lowest BCUT2D eigenvalue weighted by Crippen LogP contribution is -2.25. The van der Waals surface area contributed by atoms with Crippen LogP contribution in [0, 0.1) is 0 Å². The Morgan fingerprint density at radius 3 is 1.06 bits per heavy atom. The lowest BCUT2D eigenvalue weighted by Gasteiger charge is -2.32. The molecule has 12 nitrogen and oxygen atoms in total. The van der Waals surface area contributed by atoms with E-state index in [0.717, 1.165) is 33.9 Å². The first-order chi connectivity index (χ1) is 25.0. The maximum absolute atomic E-state index is 9.72. The highest BCUT2D eigenvalue weighted by molar-refractivity contribution is 5.52. The van der Waals surface area contributed by atoms with Crippen molar-refractivity contribution in [2.75, 3.05) is 106 Å². The minimum Gasteiger partial charge on any atom is -0.491 e. The highest BCUT2D eigenvalue weighted by Crippen LogP contribution is 2.40. The van der Waals surface area contributed by atoms with Crippen molar-refractivity contribution in [3.63, 3.8) is 0 Å². The predicted molar refractivity (Wildman–Crippen MR) is 192 cm³/mol. The summed E-state index contributed by atoms with van der Waals surface area (Å²) in [5.41, 5.74) is 2.69. The van der Waals surface area contributed by atoms with E-state index in [1.54, 1.807) is 0 Å². The summed E-state index contributed by atoms with van der Waals surface area (Å²) in [7, 11) is 0. The number of hydrogen-bond donors (Lipinski definition) is 4. The third-order valence-corrected chi connectivity index (χ3v) is 8.06. The van der Waals surface area contributed by atoms with Gasteiger partial charge in [0.2, 0.25) is 0 Å². The van der Waals surface area contributed by atoms with Gasteiger partial charge in [-0.15, -0.1) is 0 Å². The van der Waals surface area contributed by atoms with Gasteiger partial charge in [-0.3, -0.25) is 0 Å². The van der Waals surface area contributed by atoms with Gasteiger partial charge in [0, 0.05) is 18.6 Å². The molecule has 0 radical (unpaired) electrons. The van der Waals surface area contributed by atoms with Crippen LogP contribution in [0.25, 0.3) is 0 Å². The molecule has 51 heavy (non-hydrogen) atoms. The van der Waals surface area contributed by atoms with Crippen LogP contribution in [0.5, 0.6) is 17.2 Å². The largest absolute Gasteiger partial charge is 0.491 e. The highest BCUT2D eigenvalue weighted by atomic mass is 16.6. The molecule has 0 aliphatic heterocycles. The quantitative estimate of drug-likeness (QED) is 0.0591. The van der Waals surface area contributed by atoms with Crippen LogP contribution in [0.3, 0.4) is 0 Å². The number of ether oxygens (including phenoxy) is 8. The fourth-order valence-electron chi connectivity index (χ4n) is 5.20. The molecule has 0 bridgehead atoms. The first-order valence-electron chi connectivity index (χ1n) is 17.6. The first kappa shape index (κ1) is 42.1. The van der Waals surface area contributed by atoms with Crippen molar-refractivity contribution in [3.8, 4) is 17.2 Å². The molecule has 0 amide bonds. The summed E-state index contributed by atoms with van der Waals surface area (Å²) >= 11 is 0. The fraction of sp³-hybridized carbons (Fsp3) is 0.538. The average Bonchev–Trinajstić information content (AvgIpc) is 3.15. The van der Waals surface area contributed by atoms with E-state index in [0.29, 0.717) is 98.7 Å². The van der Waals surface area contributed by atoms with Gasteiger partial charge in [0.1, 0.15) is 37.1 Å². The van der Waals surface area contributed by atoms with E-state index < -0.39 is 11.5 Å². The Hall–Kier alpha value is -3.30. The van der Waals surface area contributed by atoms with Gasteiger partial charge in [-0.2, -0.15) is 0 Å². The molecule has 0 aliphatic carbocycles. The van der Waals surface area contributed by atoms with Gasteiger partial charge in [-0.05, 0) is 72.9 Å². The van der Waals surface area contributed by atoms with Crippen molar-refractivity contribution in [1.82, 2.24) is 0 Å². The molecule has 1 atom stereocenters. The first-order valence-corrected chi connectivity index (χ1v) is 17.6. The molecule has 0 aromatic heterocycles. The molecule has 0 spiro atoms. The van der Waals surface area contributed by atoms with E-state index in [1.807, 2.05) is 36.4 Å². The molecule has 0 aliphatic rings. The van der Waals surface area contributed by atoms with Crippen LogP contribution in [-0.2, 0) is 29.1 Å². The van der Waals surface area contributed by atoms with Crippen LogP contribution < -0.4 is 14.2 Å². The third-order valence-electron chi connectivity index (χ3n) is 8.06. The molecule has 0 saturated carbocycles. The summed E-state index contributed by atoms with van der Waals surface area (Å²) in [6.45, 7) is 7.31. The van der Waals surface area contributed by atoms with Gasteiger partial charge in [0.05, 0.1) is 78.8 Å². The van der Waals surface area contributed by atoms with Crippen LogP contribution in [0.1, 0.15) is 36.5 Å². The summed E-state index contributed by atoms with van der Waals surface area (Å²) in [6.07, 6.45) is 0.260. The van der Waals surface area contributed by atoms with Gasteiger partial charge in [0.15, 0.2) is 0 Å². The molecule has 3 rings (SSSR count). The molecular weight excluding hydrogens is 660 g/mol. The molecule has 1 unspecified atom stereocenters. The van der Waals surface area contributed by atoms with Gasteiger partial charge in [-0.1, -0.05) is 36.4 Å². The Labute approximate surface area is 301 Å². The summed E-state index contributed by atoms with van der Waals surface area (Å²) in [4.78, 5) is 0. The monoisotopic (exact) mass is 716 g/mol. The maximum atomic E-state index is 9.72. The molecule has 0 heterocycles. The zero-order chi connectivity index (χ0) is 36.4. The van der Waals surface area contributed by atoms with Gasteiger partial charge >= 0.3 is 0 Å². The third kappa shape index (κ3) is 15.9. The molecular formula is C39H56O12. The zero-order valence-corrected chi connectivity index (χ0v) is 29.8. The van der Waals surface area contributed by atoms with E-state index in [2.05, 4.69) is 43.3 Å². The Balaban J connectivity index is 1.63. The van der Waals surface area contributed by atoms with E-state index >= 15 is 0 Å². The smallest absolute Gasteiger partial charge is 0.119 e. The lowest BCUT2D eigenvalue weighted by molar-refractivity contribution is 0.0247. The number of aliphatic hydroxyl groups is 4. The van der Waals surface area contributed by atoms with Crippen molar-refractivity contribution in [2.45, 2.75) is 31.3 Å². The number of aliphatic hydroxyl groups excluding tert-OH is 4. The predicted octanol–water partition coefficient (Wildman–Crippen LogP) is 3.38. The van der Waals surface area contributed by atoms with Crippen LogP contribution in [0.2, 0.25) is 0 Å². The van der Waals surface area contributed by atoms with Crippen LogP contribution in [0.15, 0.2) is 72.8 Å². The Kier molecular flexibility index (Phi) is 21.2. The molecule has 3 aromatic carbocycles. The van der Waals surface area contributed by atoms with E-state index in [9.17, 15) is 5.11 Å². The minimum atomic E-state index is -0.562. The second-order valence-corrected chi connectivity index (χ2v) is 11.7. The Morgan fingerprint density at radius 2 is 0.725 bits per heavy atom. The van der Waals surface area contributed by atoms with Crippen molar-refractivity contribution >= 4 is 0 Å². The topological polar surface area (TPSA) is 155 Å². The van der Waals surface area contributed by atoms with Gasteiger partial charge < -0.3 is 58.3 Å². The average molecular weight is 717 g/mol. The van der Waals surface area contributed by atoms with Crippen molar-refractivity contribution < 1.29 is 58.3 Å². The number of hydrogen-bond acceptors (Lipinski definition) is 12. The second kappa shape index (κ2) is 25.6.